The molecule has 1 amide bonds. The van der Waals surface area contributed by atoms with E-state index in [9.17, 15) is 18.0 Å². The van der Waals surface area contributed by atoms with Crippen LogP contribution in [-0.2, 0) is 14.8 Å². The lowest BCUT2D eigenvalue weighted by Gasteiger charge is -2.09. The summed E-state index contributed by atoms with van der Waals surface area (Å²) in [7, 11) is -2.23. The van der Waals surface area contributed by atoms with Gasteiger partial charge in [0, 0.05) is 16.3 Å². The van der Waals surface area contributed by atoms with Crippen molar-refractivity contribution in [3.05, 3.63) is 69.4 Å². The zero-order valence-electron chi connectivity index (χ0n) is 15.9. The van der Waals surface area contributed by atoms with Gasteiger partial charge in [-0.1, -0.05) is 41.9 Å². The van der Waals surface area contributed by atoms with Crippen molar-refractivity contribution in [2.75, 3.05) is 23.4 Å². The SMILES string of the molecule is COC(=O)c1sc(C(=O)Nc2cc(Cl)cc(NS(C)(=O)=O)c2)cc1-c1ccccc1. The van der Waals surface area contributed by atoms with Crippen LogP contribution in [0, 0.1) is 0 Å². The first-order chi connectivity index (χ1) is 14.2. The summed E-state index contributed by atoms with van der Waals surface area (Å²) >= 11 is 7.04. The lowest BCUT2D eigenvalue weighted by Crippen LogP contribution is -2.12. The van der Waals surface area contributed by atoms with Crippen LogP contribution in [0.15, 0.2) is 54.6 Å². The first-order valence-corrected chi connectivity index (χ1v) is 11.6. The topological polar surface area (TPSA) is 102 Å². The van der Waals surface area contributed by atoms with Crippen molar-refractivity contribution in [1.29, 1.82) is 0 Å². The van der Waals surface area contributed by atoms with E-state index in [1.165, 1.54) is 25.3 Å². The fourth-order valence-corrected chi connectivity index (χ4v) is 4.48. The fourth-order valence-electron chi connectivity index (χ4n) is 2.71. The van der Waals surface area contributed by atoms with Gasteiger partial charge < -0.3 is 10.1 Å². The van der Waals surface area contributed by atoms with Gasteiger partial charge in [0.15, 0.2) is 0 Å². The smallest absolute Gasteiger partial charge is 0.348 e. The molecular formula is C20H17ClN2O5S2. The molecule has 1 heterocycles. The number of ether oxygens (including phenoxy) is 1. The molecule has 3 aromatic rings. The summed E-state index contributed by atoms with van der Waals surface area (Å²) < 4.78 is 30.1. The summed E-state index contributed by atoms with van der Waals surface area (Å²) in [4.78, 5) is 25.6. The van der Waals surface area contributed by atoms with Crippen LogP contribution in [0.2, 0.25) is 5.02 Å². The average molecular weight is 465 g/mol. The van der Waals surface area contributed by atoms with Gasteiger partial charge in [-0.2, -0.15) is 0 Å². The van der Waals surface area contributed by atoms with Gasteiger partial charge in [0.1, 0.15) is 4.88 Å². The number of amides is 1. The second-order valence-corrected chi connectivity index (χ2v) is 9.51. The Morgan fingerprint density at radius 3 is 2.33 bits per heavy atom. The number of nitrogens with one attached hydrogen (secondary N) is 2. The van der Waals surface area contributed by atoms with E-state index in [1.807, 2.05) is 30.3 Å². The van der Waals surface area contributed by atoms with E-state index in [0.717, 1.165) is 23.2 Å². The minimum absolute atomic E-state index is 0.215. The van der Waals surface area contributed by atoms with Gasteiger partial charge in [0.25, 0.3) is 5.91 Å². The fraction of sp³-hybridized carbons (Fsp3) is 0.100. The van der Waals surface area contributed by atoms with Gasteiger partial charge in [-0.15, -0.1) is 11.3 Å². The number of carbonyl (C=O) groups is 2. The molecule has 10 heteroatoms. The number of thiophene rings is 1. The largest absolute Gasteiger partial charge is 0.465 e. The van der Waals surface area contributed by atoms with Crippen molar-refractivity contribution < 1.29 is 22.7 Å². The minimum atomic E-state index is -3.51. The second-order valence-electron chi connectivity index (χ2n) is 6.27. The van der Waals surface area contributed by atoms with Crippen LogP contribution in [0.3, 0.4) is 0 Å². The summed E-state index contributed by atoms with van der Waals surface area (Å²) in [5.41, 5.74) is 1.87. The summed E-state index contributed by atoms with van der Waals surface area (Å²) in [6, 6.07) is 15.1. The highest BCUT2D eigenvalue weighted by Crippen LogP contribution is 2.33. The number of methoxy groups -OCH3 is 1. The zero-order chi connectivity index (χ0) is 21.9. The Labute approximate surface area is 182 Å². The van der Waals surface area contributed by atoms with Crippen LogP contribution in [0.1, 0.15) is 19.3 Å². The van der Waals surface area contributed by atoms with Gasteiger partial charge in [0.2, 0.25) is 10.0 Å². The maximum absolute atomic E-state index is 12.8. The third-order valence-electron chi connectivity index (χ3n) is 3.87. The Bertz CT molecular complexity index is 1210. The third kappa shape index (κ3) is 5.38. The number of sulfonamides is 1. The summed E-state index contributed by atoms with van der Waals surface area (Å²) in [6.07, 6.45) is 1.01. The molecule has 0 spiro atoms. The number of benzene rings is 2. The lowest BCUT2D eigenvalue weighted by molar-refractivity contribution is 0.0607. The molecule has 30 heavy (non-hydrogen) atoms. The Morgan fingerprint density at radius 1 is 1.03 bits per heavy atom. The number of halogens is 1. The molecule has 7 nitrogen and oxygen atoms in total. The molecule has 0 atom stereocenters. The zero-order valence-corrected chi connectivity index (χ0v) is 18.3. The number of rotatable bonds is 6. The standard InChI is InChI=1S/C20H17ClN2O5S2/c1-28-20(25)18-16(12-6-4-3-5-7-12)11-17(29-18)19(24)22-14-8-13(21)9-15(10-14)23-30(2,26)27/h3-11,23H,1-2H3,(H,22,24). The molecule has 0 aliphatic heterocycles. The van der Waals surface area contributed by atoms with Gasteiger partial charge in [-0.3, -0.25) is 9.52 Å². The highest BCUT2D eigenvalue weighted by Gasteiger charge is 2.21. The first kappa shape index (κ1) is 21.8. The maximum atomic E-state index is 12.8. The summed E-state index contributed by atoms with van der Waals surface area (Å²) in [5.74, 6) is -1.01. The second kappa shape index (κ2) is 8.86. The Hall–Kier alpha value is -2.88. The molecule has 3 rings (SSSR count). The monoisotopic (exact) mass is 464 g/mol. The van der Waals surface area contributed by atoms with Crippen molar-refractivity contribution in [3.8, 4) is 11.1 Å². The van der Waals surface area contributed by atoms with Crippen LogP contribution < -0.4 is 10.0 Å². The molecule has 0 saturated heterocycles. The van der Waals surface area contributed by atoms with E-state index in [-0.39, 0.29) is 15.6 Å². The summed E-state index contributed by atoms with van der Waals surface area (Å²) in [5, 5.41) is 2.92. The molecule has 0 bridgehead atoms. The normalized spacial score (nSPS) is 11.0. The molecule has 0 fully saturated rings. The third-order valence-corrected chi connectivity index (χ3v) is 5.81. The highest BCUT2D eigenvalue weighted by atomic mass is 35.5. The van der Waals surface area contributed by atoms with E-state index in [4.69, 9.17) is 16.3 Å². The first-order valence-electron chi connectivity index (χ1n) is 8.53. The molecule has 1 aromatic heterocycles. The molecule has 0 aliphatic carbocycles. The highest BCUT2D eigenvalue weighted by molar-refractivity contribution is 7.92. The van der Waals surface area contributed by atoms with Crippen molar-refractivity contribution in [3.63, 3.8) is 0 Å². The predicted octanol–water partition coefficient (Wildman–Crippen LogP) is 4.48. The van der Waals surface area contributed by atoms with Gasteiger partial charge >= 0.3 is 5.97 Å². The minimum Gasteiger partial charge on any atom is -0.465 e. The average Bonchev–Trinajstić information content (AvgIpc) is 3.12. The van der Waals surface area contributed by atoms with Crippen LogP contribution >= 0.6 is 22.9 Å². The van der Waals surface area contributed by atoms with Crippen LogP contribution in [-0.4, -0.2) is 33.7 Å². The van der Waals surface area contributed by atoms with Gasteiger partial charge in [0.05, 0.1) is 23.9 Å². The lowest BCUT2D eigenvalue weighted by atomic mass is 10.1. The molecule has 2 N–H and O–H groups in total. The van der Waals surface area contributed by atoms with Gasteiger partial charge in [-0.25, -0.2) is 13.2 Å². The number of hydrogen-bond acceptors (Lipinski definition) is 6. The number of carbonyl (C=O) groups excluding carboxylic acids is 2. The molecule has 0 unspecified atom stereocenters. The molecule has 2 aromatic carbocycles. The van der Waals surface area contributed by atoms with Crippen LogP contribution in [0.25, 0.3) is 11.1 Å². The molecule has 0 radical (unpaired) electrons. The van der Waals surface area contributed by atoms with Gasteiger partial charge in [-0.05, 0) is 29.8 Å². The van der Waals surface area contributed by atoms with E-state index >= 15 is 0 Å². The quantitative estimate of drug-likeness (QED) is 0.524. The number of anilines is 2. The molecule has 0 aliphatic rings. The van der Waals surface area contributed by atoms with E-state index in [2.05, 4.69) is 10.0 Å². The van der Waals surface area contributed by atoms with E-state index < -0.39 is 21.9 Å². The molecule has 156 valence electrons. The van der Waals surface area contributed by atoms with E-state index in [1.54, 1.807) is 6.07 Å². The van der Waals surface area contributed by atoms with E-state index in [0.29, 0.717) is 16.1 Å². The maximum Gasteiger partial charge on any atom is 0.348 e. The Morgan fingerprint density at radius 2 is 1.70 bits per heavy atom. The van der Waals surface area contributed by atoms with Crippen molar-refractivity contribution in [1.82, 2.24) is 0 Å². The predicted molar refractivity (Wildman–Crippen MR) is 119 cm³/mol. The van der Waals surface area contributed by atoms with Crippen molar-refractivity contribution in [2.24, 2.45) is 0 Å². The van der Waals surface area contributed by atoms with Crippen LogP contribution in [0.4, 0.5) is 11.4 Å². The Kier molecular flexibility index (Phi) is 6.45. The summed E-state index contributed by atoms with van der Waals surface area (Å²) in [6.45, 7) is 0. The number of hydrogen-bond donors (Lipinski definition) is 2. The Balaban J connectivity index is 1.93. The van der Waals surface area contributed by atoms with Crippen molar-refractivity contribution >= 4 is 56.2 Å². The van der Waals surface area contributed by atoms with Crippen LogP contribution in [0.5, 0.6) is 0 Å². The molecule has 0 saturated carbocycles. The number of esters is 1. The van der Waals surface area contributed by atoms with Crippen molar-refractivity contribution in [2.45, 2.75) is 0 Å². The molecular weight excluding hydrogens is 448 g/mol.